The molecule has 0 atom stereocenters. The number of hydrogen-bond acceptors (Lipinski definition) is 3. The van der Waals surface area contributed by atoms with Crippen molar-refractivity contribution in [1.82, 2.24) is 9.80 Å². The molecule has 0 aliphatic carbocycles. The third-order valence-electron chi connectivity index (χ3n) is 5.35. The minimum Gasteiger partial charge on any atom is -0.497 e. The quantitative estimate of drug-likeness (QED) is 0.858. The molecule has 0 N–H and O–H groups in total. The Balaban J connectivity index is 1.57. The first-order valence-corrected chi connectivity index (χ1v) is 8.19. The molecule has 1 spiro atoms. The molecule has 4 nitrogen and oxygen atoms in total. The van der Waals surface area contributed by atoms with Crippen molar-refractivity contribution >= 4 is 5.91 Å². The van der Waals surface area contributed by atoms with Gasteiger partial charge in [-0.15, -0.1) is 0 Å². The van der Waals surface area contributed by atoms with Crippen LogP contribution in [-0.2, 0) is 11.2 Å². The molecule has 2 heterocycles. The highest BCUT2D eigenvalue weighted by molar-refractivity contribution is 5.79. The normalized spacial score (nSPS) is 21.3. The van der Waals surface area contributed by atoms with Crippen LogP contribution in [0.4, 0.5) is 0 Å². The van der Waals surface area contributed by atoms with E-state index in [9.17, 15) is 4.79 Å². The monoisotopic (exact) mass is 302 g/mol. The van der Waals surface area contributed by atoms with Gasteiger partial charge >= 0.3 is 0 Å². The highest BCUT2D eigenvalue weighted by Gasteiger charge is 2.41. The lowest BCUT2D eigenvalue weighted by atomic mass is 9.78. The molecule has 3 rings (SSSR count). The van der Waals surface area contributed by atoms with Crippen molar-refractivity contribution in [3.63, 3.8) is 0 Å². The van der Waals surface area contributed by atoms with Crippen LogP contribution in [0.3, 0.4) is 0 Å². The number of likely N-dealkylation sites (tertiary alicyclic amines) is 2. The molecular weight excluding hydrogens is 276 g/mol. The summed E-state index contributed by atoms with van der Waals surface area (Å²) in [6.07, 6.45) is 4.14. The molecule has 0 radical (unpaired) electrons. The summed E-state index contributed by atoms with van der Waals surface area (Å²) in [5.41, 5.74) is 1.46. The first-order chi connectivity index (χ1) is 10.6. The van der Waals surface area contributed by atoms with E-state index < -0.39 is 0 Å². The van der Waals surface area contributed by atoms with E-state index in [4.69, 9.17) is 4.74 Å². The Morgan fingerprint density at radius 2 is 1.77 bits per heavy atom. The molecule has 0 unspecified atom stereocenters. The molecule has 2 aliphatic heterocycles. The van der Waals surface area contributed by atoms with Crippen LogP contribution in [0.25, 0.3) is 0 Å². The highest BCUT2D eigenvalue weighted by atomic mass is 16.5. The summed E-state index contributed by atoms with van der Waals surface area (Å²) in [5.74, 6) is 1.10. The fourth-order valence-electron chi connectivity index (χ4n) is 3.68. The van der Waals surface area contributed by atoms with E-state index in [0.717, 1.165) is 24.4 Å². The Kier molecular flexibility index (Phi) is 4.39. The van der Waals surface area contributed by atoms with Crippen LogP contribution in [0.1, 0.15) is 24.8 Å². The maximum atomic E-state index is 12.5. The summed E-state index contributed by atoms with van der Waals surface area (Å²) in [5, 5.41) is 0. The van der Waals surface area contributed by atoms with Gasteiger partial charge in [-0.25, -0.2) is 0 Å². The average molecular weight is 302 g/mol. The van der Waals surface area contributed by atoms with Gasteiger partial charge in [-0.05, 0) is 62.5 Å². The number of carbonyl (C=O) groups is 1. The van der Waals surface area contributed by atoms with Gasteiger partial charge in [0.2, 0.25) is 5.91 Å². The van der Waals surface area contributed by atoms with Gasteiger partial charge in [0.25, 0.3) is 0 Å². The van der Waals surface area contributed by atoms with Crippen LogP contribution in [-0.4, -0.2) is 56.0 Å². The zero-order valence-electron chi connectivity index (χ0n) is 13.7. The van der Waals surface area contributed by atoms with Crippen molar-refractivity contribution in [3.8, 4) is 5.75 Å². The van der Waals surface area contributed by atoms with Gasteiger partial charge < -0.3 is 14.5 Å². The molecule has 0 bridgehead atoms. The van der Waals surface area contributed by atoms with E-state index in [0.29, 0.717) is 11.8 Å². The molecule has 2 fully saturated rings. The summed E-state index contributed by atoms with van der Waals surface area (Å²) < 4.78 is 5.16. The fourth-order valence-corrected chi connectivity index (χ4v) is 3.68. The summed E-state index contributed by atoms with van der Waals surface area (Å²) in [6.45, 7) is 4.22. The van der Waals surface area contributed by atoms with E-state index in [1.807, 2.05) is 24.3 Å². The van der Waals surface area contributed by atoms with Crippen molar-refractivity contribution in [2.24, 2.45) is 5.41 Å². The van der Waals surface area contributed by atoms with Crippen LogP contribution in [0.5, 0.6) is 5.75 Å². The summed E-state index contributed by atoms with van der Waals surface area (Å²) >= 11 is 0. The predicted molar refractivity (Wildman–Crippen MR) is 87.1 cm³/mol. The second kappa shape index (κ2) is 6.29. The molecule has 2 saturated heterocycles. The van der Waals surface area contributed by atoms with Crippen LogP contribution in [0.2, 0.25) is 0 Å². The lowest BCUT2D eigenvalue weighted by Crippen LogP contribution is -2.40. The summed E-state index contributed by atoms with van der Waals surface area (Å²) in [7, 11) is 3.85. The molecule has 1 amide bonds. The third-order valence-corrected chi connectivity index (χ3v) is 5.35. The number of benzene rings is 1. The van der Waals surface area contributed by atoms with Crippen LogP contribution in [0, 0.1) is 5.41 Å². The highest BCUT2D eigenvalue weighted by Crippen LogP contribution is 2.40. The van der Waals surface area contributed by atoms with Crippen molar-refractivity contribution in [2.75, 3.05) is 40.3 Å². The Hall–Kier alpha value is -1.55. The van der Waals surface area contributed by atoms with Crippen LogP contribution < -0.4 is 4.74 Å². The van der Waals surface area contributed by atoms with Crippen molar-refractivity contribution in [1.29, 1.82) is 0 Å². The number of methoxy groups -OCH3 is 1. The second-order valence-electron chi connectivity index (χ2n) is 6.89. The third kappa shape index (κ3) is 3.27. The smallest absolute Gasteiger partial charge is 0.227 e. The zero-order chi connectivity index (χ0) is 15.6. The standard InChI is InChI=1S/C18H26N2O2/c1-19-10-7-18(8-11-19)9-12-20(14-18)17(21)13-15-3-5-16(22-2)6-4-15/h3-6H,7-14H2,1-2H3. The van der Waals surface area contributed by atoms with Gasteiger partial charge in [0.05, 0.1) is 13.5 Å². The minimum atomic E-state index is 0.265. The van der Waals surface area contributed by atoms with Crippen molar-refractivity contribution in [3.05, 3.63) is 29.8 Å². The maximum Gasteiger partial charge on any atom is 0.227 e. The first kappa shape index (κ1) is 15.3. The number of amides is 1. The van der Waals surface area contributed by atoms with Crippen molar-refractivity contribution in [2.45, 2.75) is 25.7 Å². The number of nitrogens with zero attached hydrogens (tertiary/aromatic N) is 2. The fraction of sp³-hybridized carbons (Fsp3) is 0.611. The number of ether oxygens (including phenoxy) is 1. The largest absolute Gasteiger partial charge is 0.497 e. The molecule has 120 valence electrons. The van der Waals surface area contributed by atoms with Gasteiger partial charge in [0.15, 0.2) is 0 Å². The van der Waals surface area contributed by atoms with E-state index in [1.54, 1.807) is 7.11 Å². The van der Waals surface area contributed by atoms with Gasteiger partial charge in [-0.3, -0.25) is 4.79 Å². The lowest BCUT2D eigenvalue weighted by Gasteiger charge is -2.37. The number of rotatable bonds is 3. The van der Waals surface area contributed by atoms with Crippen LogP contribution >= 0.6 is 0 Å². The molecule has 1 aromatic carbocycles. The first-order valence-electron chi connectivity index (χ1n) is 8.19. The van der Waals surface area contributed by atoms with E-state index in [-0.39, 0.29) is 5.91 Å². The Morgan fingerprint density at radius 3 is 2.41 bits per heavy atom. The zero-order valence-corrected chi connectivity index (χ0v) is 13.7. The Labute approximate surface area is 133 Å². The molecular formula is C18H26N2O2. The van der Waals surface area contributed by atoms with E-state index in [1.165, 1.54) is 32.4 Å². The van der Waals surface area contributed by atoms with Gasteiger partial charge in [0, 0.05) is 13.1 Å². The van der Waals surface area contributed by atoms with Crippen LogP contribution in [0.15, 0.2) is 24.3 Å². The van der Waals surface area contributed by atoms with Gasteiger partial charge in [-0.2, -0.15) is 0 Å². The topological polar surface area (TPSA) is 32.8 Å². The number of hydrogen-bond donors (Lipinski definition) is 0. The van der Waals surface area contributed by atoms with Crippen molar-refractivity contribution < 1.29 is 9.53 Å². The van der Waals surface area contributed by atoms with Gasteiger partial charge in [0.1, 0.15) is 5.75 Å². The summed E-state index contributed by atoms with van der Waals surface area (Å²) in [6, 6.07) is 7.81. The average Bonchev–Trinajstić information content (AvgIpc) is 2.96. The second-order valence-corrected chi connectivity index (χ2v) is 6.89. The molecule has 1 aromatic rings. The molecule has 22 heavy (non-hydrogen) atoms. The lowest BCUT2D eigenvalue weighted by molar-refractivity contribution is -0.130. The molecule has 2 aliphatic rings. The maximum absolute atomic E-state index is 12.5. The van der Waals surface area contributed by atoms with Gasteiger partial charge in [-0.1, -0.05) is 12.1 Å². The molecule has 0 aromatic heterocycles. The summed E-state index contributed by atoms with van der Waals surface area (Å²) in [4.78, 5) is 17.0. The van der Waals surface area contributed by atoms with E-state index >= 15 is 0 Å². The minimum absolute atomic E-state index is 0.265. The van der Waals surface area contributed by atoms with E-state index in [2.05, 4.69) is 16.8 Å². The molecule has 4 heteroatoms. The number of piperidine rings is 1. The predicted octanol–water partition coefficient (Wildman–Crippen LogP) is 2.18. The Morgan fingerprint density at radius 1 is 1.14 bits per heavy atom. The SMILES string of the molecule is COc1ccc(CC(=O)N2CCC3(CCN(C)CC3)C2)cc1. The Bertz CT molecular complexity index is 518. The number of carbonyl (C=O) groups excluding carboxylic acids is 1. The molecule has 0 saturated carbocycles.